The maximum Gasteiger partial charge on any atom is 0.234 e. The number of hydrogen-bond donors (Lipinski definition) is 2. The Morgan fingerprint density at radius 1 is 1.06 bits per heavy atom. The average molecular weight is 441 g/mol. The monoisotopic (exact) mass is 440 g/mol. The van der Waals surface area contributed by atoms with Gasteiger partial charge in [0.2, 0.25) is 11.8 Å². The summed E-state index contributed by atoms with van der Waals surface area (Å²) in [5.74, 6) is 2.63. The van der Waals surface area contributed by atoms with E-state index in [1.807, 2.05) is 6.07 Å². The standard InChI is InChI=1S/C23H32N6OS/c1-17-9-13-29(14-10-17)20-15-21(30-2)26-22(25-20)27-23(31)24-16-18-5-7-19(8-6-18)28-11-3-4-12-28/h5-8,15,17H,3-4,9-14,16H2,1-2H3,(H2,24,25,26,27,31). The fourth-order valence-electron chi connectivity index (χ4n) is 4.10. The molecule has 0 bridgehead atoms. The van der Waals surface area contributed by atoms with Crippen molar-refractivity contribution in [2.45, 2.75) is 39.2 Å². The van der Waals surface area contributed by atoms with Gasteiger partial charge in [-0.1, -0.05) is 19.1 Å². The fourth-order valence-corrected chi connectivity index (χ4v) is 4.26. The molecule has 31 heavy (non-hydrogen) atoms. The molecule has 2 N–H and O–H groups in total. The number of piperidine rings is 1. The second kappa shape index (κ2) is 10.1. The Kier molecular flexibility index (Phi) is 7.06. The van der Waals surface area contributed by atoms with Gasteiger partial charge in [-0.15, -0.1) is 0 Å². The molecule has 0 amide bonds. The molecule has 0 unspecified atom stereocenters. The number of ether oxygens (including phenoxy) is 1. The number of nitrogens with zero attached hydrogens (tertiary/aromatic N) is 4. The van der Waals surface area contributed by atoms with Crippen molar-refractivity contribution >= 4 is 34.8 Å². The van der Waals surface area contributed by atoms with Crippen LogP contribution in [0.5, 0.6) is 5.88 Å². The second-order valence-corrected chi connectivity index (χ2v) is 8.84. The number of aromatic nitrogens is 2. The van der Waals surface area contributed by atoms with Gasteiger partial charge in [0.05, 0.1) is 7.11 Å². The van der Waals surface area contributed by atoms with Crippen LogP contribution in [0, 0.1) is 5.92 Å². The second-order valence-electron chi connectivity index (χ2n) is 8.43. The molecule has 7 nitrogen and oxygen atoms in total. The molecule has 2 aliphatic heterocycles. The van der Waals surface area contributed by atoms with Gasteiger partial charge in [0.15, 0.2) is 5.11 Å². The number of benzene rings is 1. The highest BCUT2D eigenvalue weighted by Gasteiger charge is 2.19. The Hall–Kier alpha value is -2.61. The van der Waals surface area contributed by atoms with E-state index in [-0.39, 0.29) is 0 Å². The van der Waals surface area contributed by atoms with Crippen LogP contribution in [-0.2, 0) is 6.54 Å². The topological polar surface area (TPSA) is 65.6 Å². The molecule has 2 fully saturated rings. The zero-order valence-electron chi connectivity index (χ0n) is 18.4. The zero-order chi connectivity index (χ0) is 21.6. The van der Waals surface area contributed by atoms with Crippen molar-refractivity contribution in [3.8, 4) is 5.88 Å². The molecule has 0 saturated carbocycles. The smallest absolute Gasteiger partial charge is 0.234 e. The molecular formula is C23H32N6OS. The van der Waals surface area contributed by atoms with Crippen LogP contribution in [-0.4, -0.2) is 48.4 Å². The molecule has 0 spiro atoms. The summed E-state index contributed by atoms with van der Waals surface area (Å²) in [6, 6.07) is 10.6. The molecule has 1 aromatic heterocycles. The van der Waals surface area contributed by atoms with E-state index in [2.05, 4.69) is 61.6 Å². The van der Waals surface area contributed by atoms with E-state index in [0.717, 1.165) is 37.9 Å². The summed E-state index contributed by atoms with van der Waals surface area (Å²) in [4.78, 5) is 13.8. The van der Waals surface area contributed by atoms with Gasteiger partial charge in [-0.05, 0) is 61.5 Å². The Bertz CT molecular complexity index is 876. The van der Waals surface area contributed by atoms with Crippen LogP contribution in [0.2, 0.25) is 0 Å². The van der Waals surface area contributed by atoms with Gasteiger partial charge < -0.3 is 25.2 Å². The molecule has 0 atom stereocenters. The van der Waals surface area contributed by atoms with Gasteiger partial charge in [-0.25, -0.2) is 0 Å². The van der Waals surface area contributed by atoms with Crippen molar-refractivity contribution in [1.29, 1.82) is 0 Å². The van der Waals surface area contributed by atoms with E-state index in [9.17, 15) is 0 Å². The molecule has 2 aromatic rings. The summed E-state index contributed by atoms with van der Waals surface area (Å²) < 4.78 is 5.39. The highest BCUT2D eigenvalue weighted by atomic mass is 32.1. The number of rotatable bonds is 6. The lowest BCUT2D eigenvalue weighted by Gasteiger charge is -2.31. The lowest BCUT2D eigenvalue weighted by atomic mass is 9.99. The molecule has 8 heteroatoms. The summed E-state index contributed by atoms with van der Waals surface area (Å²) in [5, 5.41) is 6.86. The number of methoxy groups -OCH3 is 1. The van der Waals surface area contributed by atoms with Gasteiger partial charge >= 0.3 is 0 Å². The van der Waals surface area contributed by atoms with Crippen LogP contribution >= 0.6 is 12.2 Å². The van der Waals surface area contributed by atoms with Crippen LogP contribution in [0.4, 0.5) is 17.5 Å². The molecule has 0 radical (unpaired) electrons. The molecule has 166 valence electrons. The van der Waals surface area contributed by atoms with Crippen molar-refractivity contribution in [2.24, 2.45) is 5.92 Å². The predicted molar refractivity (Wildman–Crippen MR) is 130 cm³/mol. The predicted octanol–water partition coefficient (Wildman–Crippen LogP) is 3.81. The van der Waals surface area contributed by atoms with Gasteiger partial charge in [0, 0.05) is 44.5 Å². The quantitative estimate of drug-likeness (QED) is 0.658. The molecule has 1 aromatic carbocycles. The Balaban J connectivity index is 1.34. The first-order valence-corrected chi connectivity index (χ1v) is 11.6. The van der Waals surface area contributed by atoms with Crippen molar-refractivity contribution in [3.05, 3.63) is 35.9 Å². The molecule has 0 aliphatic carbocycles. The van der Waals surface area contributed by atoms with E-state index >= 15 is 0 Å². The summed E-state index contributed by atoms with van der Waals surface area (Å²) in [6.07, 6.45) is 4.92. The Morgan fingerprint density at radius 3 is 2.45 bits per heavy atom. The van der Waals surface area contributed by atoms with Gasteiger partial charge in [-0.2, -0.15) is 9.97 Å². The highest BCUT2D eigenvalue weighted by Crippen LogP contribution is 2.25. The van der Waals surface area contributed by atoms with Crippen LogP contribution in [0.1, 0.15) is 38.2 Å². The first-order valence-electron chi connectivity index (χ1n) is 11.2. The third-order valence-electron chi connectivity index (χ3n) is 6.09. The molecular weight excluding hydrogens is 408 g/mol. The van der Waals surface area contributed by atoms with E-state index in [1.54, 1.807) is 7.11 Å². The zero-order valence-corrected chi connectivity index (χ0v) is 19.2. The van der Waals surface area contributed by atoms with Gasteiger partial charge in [0.25, 0.3) is 0 Å². The minimum absolute atomic E-state index is 0.454. The lowest BCUT2D eigenvalue weighted by Crippen LogP contribution is -2.34. The molecule has 3 heterocycles. The summed E-state index contributed by atoms with van der Waals surface area (Å²) in [7, 11) is 1.62. The SMILES string of the molecule is COc1cc(N2CCC(C)CC2)nc(NC(=S)NCc2ccc(N3CCCC3)cc2)n1. The third-order valence-corrected chi connectivity index (χ3v) is 6.34. The van der Waals surface area contributed by atoms with Gasteiger partial charge in [-0.3, -0.25) is 0 Å². The van der Waals surface area contributed by atoms with Crippen molar-refractivity contribution in [2.75, 3.05) is 48.4 Å². The van der Waals surface area contributed by atoms with E-state index in [4.69, 9.17) is 17.0 Å². The first-order chi connectivity index (χ1) is 15.1. The van der Waals surface area contributed by atoms with E-state index in [0.29, 0.717) is 23.5 Å². The van der Waals surface area contributed by atoms with Crippen molar-refractivity contribution < 1.29 is 4.74 Å². The van der Waals surface area contributed by atoms with Crippen molar-refractivity contribution in [3.63, 3.8) is 0 Å². The number of anilines is 3. The van der Waals surface area contributed by atoms with E-state index < -0.39 is 0 Å². The van der Waals surface area contributed by atoms with Gasteiger partial charge in [0.1, 0.15) is 5.82 Å². The van der Waals surface area contributed by atoms with E-state index in [1.165, 1.54) is 36.9 Å². The summed E-state index contributed by atoms with van der Waals surface area (Å²) in [6.45, 7) is 7.25. The first kappa shape index (κ1) is 21.6. The maximum absolute atomic E-state index is 5.48. The minimum atomic E-state index is 0.454. The summed E-state index contributed by atoms with van der Waals surface area (Å²) >= 11 is 5.48. The van der Waals surface area contributed by atoms with Crippen LogP contribution in [0.3, 0.4) is 0 Å². The highest BCUT2D eigenvalue weighted by molar-refractivity contribution is 7.80. The Labute approximate surface area is 190 Å². The molecule has 4 rings (SSSR count). The van der Waals surface area contributed by atoms with Crippen LogP contribution < -0.4 is 25.2 Å². The summed E-state index contributed by atoms with van der Waals surface area (Å²) in [5.41, 5.74) is 2.48. The fraction of sp³-hybridized carbons (Fsp3) is 0.522. The minimum Gasteiger partial charge on any atom is -0.481 e. The number of hydrogen-bond acceptors (Lipinski definition) is 6. The Morgan fingerprint density at radius 2 is 1.77 bits per heavy atom. The maximum atomic E-state index is 5.48. The van der Waals surface area contributed by atoms with Crippen LogP contribution in [0.15, 0.2) is 30.3 Å². The lowest BCUT2D eigenvalue weighted by molar-refractivity contribution is 0.396. The average Bonchev–Trinajstić information content (AvgIpc) is 3.33. The third kappa shape index (κ3) is 5.76. The number of nitrogens with one attached hydrogen (secondary N) is 2. The van der Waals surface area contributed by atoms with Crippen molar-refractivity contribution in [1.82, 2.24) is 15.3 Å². The number of thiocarbonyl (C=S) groups is 1. The normalized spacial score (nSPS) is 17.0. The molecule has 2 aliphatic rings. The molecule has 2 saturated heterocycles. The largest absolute Gasteiger partial charge is 0.481 e. The van der Waals surface area contributed by atoms with Crippen LogP contribution in [0.25, 0.3) is 0 Å².